The largest absolute Gasteiger partial charge is 0.289 e. The first-order valence-electron chi connectivity index (χ1n) is 6.43. The number of rotatable bonds is 4. The molecule has 0 aliphatic carbocycles. The Balaban J connectivity index is 1.78. The third-order valence-corrected chi connectivity index (χ3v) is 3.82. The molecular formula is C17H14NOS+. The summed E-state index contributed by atoms with van der Waals surface area (Å²) in [6.07, 6.45) is 2.05. The van der Waals surface area contributed by atoms with Gasteiger partial charge in [0.05, 0.1) is 5.38 Å². The summed E-state index contributed by atoms with van der Waals surface area (Å²) in [6.45, 7) is 0.837. The minimum atomic E-state index is 0.0698. The smallest absolute Gasteiger partial charge is 0.224 e. The monoisotopic (exact) mass is 280 g/mol. The summed E-state index contributed by atoms with van der Waals surface area (Å²) < 4.78 is 2.12. The van der Waals surface area contributed by atoms with Crippen LogP contribution in [0.1, 0.15) is 21.5 Å². The lowest BCUT2D eigenvalue weighted by atomic mass is 10.0. The molecule has 0 bridgehead atoms. The van der Waals surface area contributed by atoms with Gasteiger partial charge in [0.2, 0.25) is 5.51 Å². The van der Waals surface area contributed by atoms with E-state index in [0.29, 0.717) is 0 Å². The van der Waals surface area contributed by atoms with Gasteiger partial charge in [-0.1, -0.05) is 65.9 Å². The van der Waals surface area contributed by atoms with E-state index in [1.165, 1.54) is 5.56 Å². The Labute approximate surface area is 122 Å². The van der Waals surface area contributed by atoms with Crippen molar-refractivity contribution in [1.82, 2.24) is 0 Å². The predicted molar refractivity (Wildman–Crippen MR) is 79.9 cm³/mol. The highest BCUT2D eigenvalue weighted by atomic mass is 32.1. The lowest BCUT2D eigenvalue weighted by molar-refractivity contribution is -0.683. The topological polar surface area (TPSA) is 20.9 Å². The molecule has 0 aliphatic rings. The van der Waals surface area contributed by atoms with E-state index in [1.54, 1.807) is 11.3 Å². The summed E-state index contributed by atoms with van der Waals surface area (Å²) in [5.74, 6) is 0.0698. The van der Waals surface area contributed by atoms with E-state index in [2.05, 4.69) is 10.1 Å². The molecule has 3 heteroatoms. The van der Waals surface area contributed by atoms with Crippen molar-refractivity contribution in [3.05, 3.63) is 88.4 Å². The maximum Gasteiger partial charge on any atom is 0.224 e. The average molecular weight is 280 g/mol. The van der Waals surface area contributed by atoms with E-state index in [9.17, 15) is 4.79 Å². The number of hydrogen-bond acceptors (Lipinski definition) is 2. The van der Waals surface area contributed by atoms with Crippen LogP contribution in [0.5, 0.6) is 0 Å². The standard InChI is InChI=1S/C17H14NOS/c19-17(15-4-2-1-3-5-15)16-8-6-14(7-9-16)12-18-10-11-20-13-18/h1-11,13H,12H2/q+1. The van der Waals surface area contributed by atoms with Gasteiger partial charge in [-0.3, -0.25) is 4.79 Å². The molecule has 0 spiro atoms. The molecule has 2 nitrogen and oxygen atoms in total. The van der Waals surface area contributed by atoms with Gasteiger partial charge < -0.3 is 0 Å². The van der Waals surface area contributed by atoms with Crippen LogP contribution in [0, 0.1) is 0 Å². The van der Waals surface area contributed by atoms with Crippen molar-refractivity contribution in [2.24, 2.45) is 0 Å². The van der Waals surface area contributed by atoms with Crippen LogP contribution in [0.15, 0.2) is 71.7 Å². The molecule has 3 aromatic rings. The minimum Gasteiger partial charge on any atom is -0.289 e. The zero-order valence-corrected chi connectivity index (χ0v) is 11.7. The van der Waals surface area contributed by atoms with Crippen LogP contribution in [0.4, 0.5) is 0 Å². The van der Waals surface area contributed by atoms with Crippen LogP contribution in [-0.2, 0) is 6.54 Å². The summed E-state index contributed by atoms with van der Waals surface area (Å²) in [4.78, 5) is 12.3. The normalized spacial score (nSPS) is 10.4. The highest BCUT2D eigenvalue weighted by molar-refractivity contribution is 7.07. The van der Waals surface area contributed by atoms with Crippen molar-refractivity contribution in [1.29, 1.82) is 0 Å². The van der Waals surface area contributed by atoms with E-state index in [-0.39, 0.29) is 5.78 Å². The van der Waals surface area contributed by atoms with Gasteiger partial charge in [0.25, 0.3) is 0 Å². The van der Waals surface area contributed by atoms with Gasteiger partial charge in [-0.2, -0.15) is 4.57 Å². The van der Waals surface area contributed by atoms with E-state index < -0.39 is 0 Å². The van der Waals surface area contributed by atoms with Crippen molar-refractivity contribution < 1.29 is 9.36 Å². The third-order valence-electron chi connectivity index (χ3n) is 3.14. The molecule has 1 heterocycles. The van der Waals surface area contributed by atoms with Gasteiger partial charge >= 0.3 is 0 Å². The summed E-state index contributed by atoms with van der Waals surface area (Å²) in [6, 6.07) is 17.2. The zero-order valence-electron chi connectivity index (χ0n) is 10.9. The Morgan fingerprint density at radius 2 is 1.65 bits per heavy atom. The molecule has 0 amide bonds. The van der Waals surface area contributed by atoms with E-state index in [1.807, 2.05) is 66.2 Å². The van der Waals surface area contributed by atoms with Crippen LogP contribution in [0.2, 0.25) is 0 Å². The molecule has 0 unspecified atom stereocenters. The molecule has 0 aliphatic heterocycles. The second kappa shape index (κ2) is 5.80. The summed E-state index contributed by atoms with van der Waals surface area (Å²) in [5.41, 5.74) is 4.73. The van der Waals surface area contributed by atoms with E-state index in [0.717, 1.165) is 17.7 Å². The number of ketones is 1. The van der Waals surface area contributed by atoms with Crippen LogP contribution < -0.4 is 4.57 Å². The quantitative estimate of drug-likeness (QED) is 0.530. The Morgan fingerprint density at radius 1 is 0.950 bits per heavy atom. The van der Waals surface area contributed by atoms with E-state index >= 15 is 0 Å². The van der Waals surface area contributed by atoms with Crippen molar-refractivity contribution in [2.45, 2.75) is 6.54 Å². The fourth-order valence-corrected chi connectivity index (χ4v) is 2.68. The number of carbonyl (C=O) groups excluding carboxylic acids is 1. The van der Waals surface area contributed by atoms with Crippen LogP contribution >= 0.6 is 11.3 Å². The number of benzene rings is 2. The maximum absolute atomic E-state index is 12.3. The van der Waals surface area contributed by atoms with Crippen LogP contribution in [0.25, 0.3) is 0 Å². The third kappa shape index (κ3) is 2.83. The van der Waals surface area contributed by atoms with Crippen LogP contribution in [0.3, 0.4) is 0 Å². The minimum absolute atomic E-state index is 0.0698. The molecule has 1 aromatic heterocycles. The Morgan fingerprint density at radius 3 is 2.30 bits per heavy atom. The molecule has 0 N–H and O–H groups in total. The second-order valence-corrected chi connectivity index (χ2v) is 5.35. The SMILES string of the molecule is O=C(c1ccccc1)c1ccc(C[n+]2ccsc2)cc1. The first kappa shape index (κ1) is 12.8. The molecule has 0 fully saturated rings. The Kier molecular flexibility index (Phi) is 3.70. The summed E-state index contributed by atoms with van der Waals surface area (Å²) in [7, 11) is 0. The Hall–Kier alpha value is -2.26. The molecule has 3 rings (SSSR count). The second-order valence-electron chi connectivity index (χ2n) is 4.59. The average Bonchev–Trinajstić information content (AvgIpc) is 3.01. The van der Waals surface area contributed by atoms with Crippen molar-refractivity contribution >= 4 is 17.1 Å². The van der Waals surface area contributed by atoms with Gasteiger partial charge in [-0.05, 0) is 0 Å². The highest BCUT2D eigenvalue weighted by Gasteiger charge is 2.09. The molecule has 0 radical (unpaired) electrons. The maximum atomic E-state index is 12.3. The summed E-state index contributed by atoms with van der Waals surface area (Å²) in [5, 5.41) is 2.05. The van der Waals surface area contributed by atoms with Crippen molar-refractivity contribution in [3.8, 4) is 0 Å². The summed E-state index contributed by atoms with van der Waals surface area (Å²) >= 11 is 1.67. The molecule has 2 aromatic carbocycles. The van der Waals surface area contributed by atoms with Gasteiger partial charge in [0.15, 0.2) is 18.5 Å². The van der Waals surface area contributed by atoms with Gasteiger partial charge in [-0.15, -0.1) is 0 Å². The first-order chi connectivity index (χ1) is 9.83. The van der Waals surface area contributed by atoms with Crippen molar-refractivity contribution in [2.75, 3.05) is 0 Å². The van der Waals surface area contributed by atoms with Gasteiger partial charge in [0.1, 0.15) is 0 Å². The number of thiazole rings is 1. The highest BCUT2D eigenvalue weighted by Crippen LogP contribution is 2.11. The lowest BCUT2D eigenvalue weighted by Gasteiger charge is -2.02. The Bertz CT molecular complexity index is 688. The number of hydrogen-bond donors (Lipinski definition) is 0. The van der Waals surface area contributed by atoms with Crippen LogP contribution in [-0.4, -0.2) is 5.78 Å². The van der Waals surface area contributed by atoms with Crippen molar-refractivity contribution in [3.63, 3.8) is 0 Å². The molecule has 20 heavy (non-hydrogen) atoms. The first-order valence-corrected chi connectivity index (χ1v) is 7.37. The van der Waals surface area contributed by atoms with Gasteiger partial charge in [-0.25, -0.2) is 0 Å². The molecule has 98 valence electrons. The van der Waals surface area contributed by atoms with E-state index in [4.69, 9.17) is 0 Å². The fourth-order valence-electron chi connectivity index (χ4n) is 2.08. The zero-order chi connectivity index (χ0) is 13.8. The lowest BCUT2D eigenvalue weighted by Crippen LogP contribution is -2.30. The molecule has 0 saturated carbocycles. The number of carbonyl (C=O) groups is 1. The molecule has 0 saturated heterocycles. The molecule has 0 atom stereocenters. The predicted octanol–water partition coefficient (Wildman–Crippen LogP) is 3.31. The number of nitrogens with zero attached hydrogens (tertiary/aromatic N) is 1. The fraction of sp³-hybridized carbons (Fsp3) is 0.0588. The van der Waals surface area contributed by atoms with Gasteiger partial charge in [0, 0.05) is 16.7 Å². The number of aromatic nitrogens is 1. The molecular weight excluding hydrogens is 266 g/mol.